The van der Waals surface area contributed by atoms with Crippen LogP contribution in [0.25, 0.3) is 0 Å². The van der Waals surface area contributed by atoms with Gasteiger partial charge in [-0.25, -0.2) is 4.39 Å². The molecular weight excluding hydrogens is 223 g/mol. The van der Waals surface area contributed by atoms with Crippen molar-refractivity contribution in [2.75, 3.05) is 0 Å². The van der Waals surface area contributed by atoms with Gasteiger partial charge in [-0.05, 0) is 13.3 Å². The van der Waals surface area contributed by atoms with Crippen LogP contribution in [0.15, 0.2) is 0 Å². The Balaban J connectivity index is 3.56. The zero-order valence-corrected chi connectivity index (χ0v) is 9.23. The fourth-order valence-corrected chi connectivity index (χ4v) is 1.25. The molecule has 0 fully saturated rings. The van der Waals surface area contributed by atoms with Crippen LogP contribution in [-0.2, 0) is 4.79 Å². The lowest BCUT2D eigenvalue weighted by molar-refractivity contribution is -0.117. The quantitative estimate of drug-likeness (QED) is 0.513. The Morgan fingerprint density at radius 3 is 2.50 bits per heavy atom. The molecule has 2 atom stereocenters. The zero-order chi connectivity index (χ0) is 9.56. The minimum absolute atomic E-state index is 0.126. The first kappa shape index (κ1) is 12.1. The SMILES string of the molecule is CCCCCC(F)C(Br)C(C)=O. The van der Waals surface area contributed by atoms with Crippen molar-refractivity contribution in [2.24, 2.45) is 0 Å². The summed E-state index contributed by atoms with van der Waals surface area (Å²) >= 11 is 3.04. The first-order valence-corrected chi connectivity index (χ1v) is 5.29. The molecule has 0 bridgehead atoms. The van der Waals surface area contributed by atoms with Crippen molar-refractivity contribution < 1.29 is 9.18 Å². The Kier molecular flexibility index (Phi) is 6.62. The topological polar surface area (TPSA) is 17.1 Å². The van der Waals surface area contributed by atoms with Crippen molar-refractivity contribution in [3.8, 4) is 0 Å². The summed E-state index contributed by atoms with van der Waals surface area (Å²) in [6.07, 6.45) is 2.46. The van der Waals surface area contributed by atoms with Crippen molar-refractivity contribution >= 4 is 21.7 Å². The molecule has 0 spiro atoms. The highest BCUT2D eigenvalue weighted by molar-refractivity contribution is 9.10. The minimum Gasteiger partial charge on any atom is -0.299 e. The molecule has 0 saturated carbocycles. The van der Waals surface area contributed by atoms with E-state index < -0.39 is 11.0 Å². The Morgan fingerprint density at radius 2 is 2.08 bits per heavy atom. The molecule has 12 heavy (non-hydrogen) atoms. The molecule has 0 aromatic heterocycles. The molecular formula is C9H16BrFO. The molecule has 0 aromatic rings. The van der Waals surface area contributed by atoms with Crippen molar-refractivity contribution in [1.82, 2.24) is 0 Å². The van der Waals surface area contributed by atoms with Gasteiger partial charge in [-0.3, -0.25) is 4.79 Å². The van der Waals surface area contributed by atoms with E-state index in [0.29, 0.717) is 6.42 Å². The van der Waals surface area contributed by atoms with Crippen molar-refractivity contribution in [3.63, 3.8) is 0 Å². The maximum Gasteiger partial charge on any atom is 0.146 e. The van der Waals surface area contributed by atoms with Crippen molar-refractivity contribution in [2.45, 2.75) is 50.5 Å². The highest BCUT2D eigenvalue weighted by atomic mass is 79.9. The Bertz CT molecular complexity index is 138. The zero-order valence-electron chi connectivity index (χ0n) is 7.65. The molecule has 0 N–H and O–H groups in total. The second-order valence-electron chi connectivity index (χ2n) is 3.02. The van der Waals surface area contributed by atoms with Crippen LogP contribution >= 0.6 is 15.9 Å². The molecule has 0 aliphatic carbocycles. The van der Waals surface area contributed by atoms with Gasteiger partial charge in [0.05, 0.1) is 0 Å². The van der Waals surface area contributed by atoms with Gasteiger partial charge in [0.1, 0.15) is 16.8 Å². The van der Waals surface area contributed by atoms with E-state index in [1.54, 1.807) is 0 Å². The molecule has 1 nitrogen and oxygen atoms in total. The van der Waals surface area contributed by atoms with Gasteiger partial charge < -0.3 is 0 Å². The van der Waals surface area contributed by atoms with Crippen LogP contribution in [-0.4, -0.2) is 16.8 Å². The van der Waals surface area contributed by atoms with Gasteiger partial charge in [0.2, 0.25) is 0 Å². The van der Waals surface area contributed by atoms with Gasteiger partial charge in [-0.2, -0.15) is 0 Å². The third-order valence-corrected chi connectivity index (χ3v) is 3.01. The van der Waals surface area contributed by atoms with Crippen molar-refractivity contribution in [3.05, 3.63) is 0 Å². The van der Waals surface area contributed by atoms with Crippen LogP contribution in [0.3, 0.4) is 0 Å². The average molecular weight is 239 g/mol. The summed E-state index contributed by atoms with van der Waals surface area (Å²) in [4.78, 5) is 10.1. The number of halogens is 2. The van der Waals surface area contributed by atoms with Gasteiger partial charge in [-0.1, -0.05) is 42.1 Å². The number of carbonyl (C=O) groups is 1. The predicted octanol–water partition coefficient (Wildman–Crippen LogP) is 3.26. The molecule has 0 aliphatic rings. The van der Waals surface area contributed by atoms with E-state index in [1.807, 2.05) is 0 Å². The van der Waals surface area contributed by atoms with Gasteiger partial charge >= 0.3 is 0 Å². The number of carbonyl (C=O) groups excluding carboxylic acids is 1. The van der Waals surface area contributed by atoms with Gasteiger partial charge in [-0.15, -0.1) is 0 Å². The Labute approximate surface area is 81.9 Å². The smallest absolute Gasteiger partial charge is 0.146 e. The Hall–Kier alpha value is 0.0800. The lowest BCUT2D eigenvalue weighted by Crippen LogP contribution is -2.22. The first-order valence-electron chi connectivity index (χ1n) is 4.38. The normalized spacial score (nSPS) is 15.7. The molecule has 0 saturated heterocycles. The number of rotatable bonds is 6. The number of Topliss-reactive ketones (excluding diaryl/α,β-unsaturated/α-hetero) is 1. The first-order chi connectivity index (χ1) is 5.59. The minimum atomic E-state index is -1.02. The standard InChI is InChI=1S/C9H16BrFO/c1-3-4-5-6-8(11)9(10)7(2)12/h8-9H,3-6H2,1-2H3. The summed E-state index contributed by atoms with van der Waals surface area (Å²) < 4.78 is 13.1. The number of alkyl halides is 2. The molecule has 72 valence electrons. The van der Waals surface area contributed by atoms with E-state index in [0.717, 1.165) is 19.3 Å². The predicted molar refractivity (Wildman–Crippen MR) is 52.4 cm³/mol. The highest BCUT2D eigenvalue weighted by Gasteiger charge is 2.21. The molecule has 0 aromatic carbocycles. The molecule has 0 aliphatic heterocycles. The second-order valence-corrected chi connectivity index (χ2v) is 4.01. The van der Waals surface area contributed by atoms with Crippen LogP contribution in [0, 0.1) is 0 Å². The Morgan fingerprint density at radius 1 is 1.50 bits per heavy atom. The fraction of sp³-hybridized carbons (Fsp3) is 0.889. The third-order valence-electron chi connectivity index (χ3n) is 1.79. The number of hydrogen-bond donors (Lipinski definition) is 0. The van der Waals surface area contributed by atoms with E-state index in [9.17, 15) is 9.18 Å². The molecule has 0 amide bonds. The van der Waals surface area contributed by atoms with Gasteiger partial charge in [0.25, 0.3) is 0 Å². The average Bonchev–Trinajstić information content (AvgIpc) is 2.03. The molecule has 3 heteroatoms. The molecule has 0 radical (unpaired) electrons. The van der Waals surface area contributed by atoms with Crippen LogP contribution < -0.4 is 0 Å². The monoisotopic (exact) mass is 238 g/mol. The third kappa shape index (κ3) is 4.86. The van der Waals surface area contributed by atoms with E-state index in [1.165, 1.54) is 6.92 Å². The maximum atomic E-state index is 13.1. The maximum absolute atomic E-state index is 13.1. The van der Waals surface area contributed by atoms with Crippen LogP contribution in [0.2, 0.25) is 0 Å². The van der Waals surface area contributed by atoms with Crippen LogP contribution in [0.1, 0.15) is 39.5 Å². The van der Waals surface area contributed by atoms with E-state index in [2.05, 4.69) is 22.9 Å². The fourth-order valence-electron chi connectivity index (χ4n) is 0.990. The number of unbranched alkanes of at least 4 members (excludes halogenated alkanes) is 2. The number of hydrogen-bond acceptors (Lipinski definition) is 1. The molecule has 0 rings (SSSR count). The summed E-state index contributed by atoms with van der Waals surface area (Å²) in [6.45, 7) is 3.48. The summed E-state index contributed by atoms with van der Waals surface area (Å²) in [5, 5.41) is 0. The molecule has 2 unspecified atom stereocenters. The van der Waals surface area contributed by atoms with Gasteiger partial charge in [0, 0.05) is 0 Å². The van der Waals surface area contributed by atoms with Crippen LogP contribution in [0.5, 0.6) is 0 Å². The number of ketones is 1. The summed E-state index contributed by atoms with van der Waals surface area (Å²) in [6, 6.07) is 0. The largest absolute Gasteiger partial charge is 0.299 e. The van der Waals surface area contributed by atoms with E-state index in [-0.39, 0.29) is 5.78 Å². The van der Waals surface area contributed by atoms with E-state index in [4.69, 9.17) is 0 Å². The van der Waals surface area contributed by atoms with Gasteiger partial charge in [0.15, 0.2) is 0 Å². The van der Waals surface area contributed by atoms with E-state index >= 15 is 0 Å². The summed E-state index contributed by atoms with van der Waals surface area (Å²) in [5.74, 6) is -0.126. The highest BCUT2D eigenvalue weighted by Crippen LogP contribution is 2.17. The second kappa shape index (κ2) is 6.58. The van der Waals surface area contributed by atoms with Crippen molar-refractivity contribution in [1.29, 1.82) is 0 Å². The lowest BCUT2D eigenvalue weighted by atomic mass is 10.1. The summed E-state index contributed by atoms with van der Waals surface area (Å²) in [7, 11) is 0. The van der Waals surface area contributed by atoms with Crippen LogP contribution in [0.4, 0.5) is 4.39 Å². The molecule has 0 heterocycles. The lowest BCUT2D eigenvalue weighted by Gasteiger charge is -2.11. The summed E-state index contributed by atoms with van der Waals surface area (Å²) in [5.41, 5.74) is 0.